The van der Waals surface area contributed by atoms with Crippen LogP contribution in [0.5, 0.6) is 0 Å². The number of hydrogen-bond donors (Lipinski definition) is 2. The number of anilines is 2. The molecule has 0 fully saturated rings. The molecule has 6 nitrogen and oxygen atoms in total. The second-order valence-electron chi connectivity index (χ2n) is 6.15. The average Bonchev–Trinajstić information content (AvgIpc) is 3.06. The summed E-state index contributed by atoms with van der Waals surface area (Å²) in [4.78, 5) is 24.6. The molecule has 0 aromatic carbocycles. The van der Waals surface area contributed by atoms with Gasteiger partial charge in [-0.2, -0.15) is 13.2 Å². The van der Waals surface area contributed by atoms with Crippen molar-refractivity contribution in [3.05, 3.63) is 53.5 Å². The van der Waals surface area contributed by atoms with E-state index in [1.165, 1.54) is 11.3 Å². The van der Waals surface area contributed by atoms with Gasteiger partial charge >= 0.3 is 12.1 Å². The van der Waals surface area contributed by atoms with Crippen molar-refractivity contribution in [2.24, 2.45) is 0 Å². The largest absolute Gasteiger partial charge is 0.478 e. The second-order valence-corrected chi connectivity index (χ2v) is 7.15. The molecule has 0 saturated heterocycles. The van der Waals surface area contributed by atoms with Gasteiger partial charge in [0.2, 0.25) is 0 Å². The number of nitrogens with one attached hydrogen (secondary N) is 1. The van der Waals surface area contributed by atoms with E-state index in [9.17, 15) is 23.1 Å². The van der Waals surface area contributed by atoms with Crippen LogP contribution in [-0.4, -0.2) is 26.0 Å². The fraction of sp³-hybridized carbons (Fsp3) is 0.222. The third-order valence-corrected chi connectivity index (χ3v) is 4.78. The zero-order chi connectivity index (χ0) is 20.5. The standard InChI is InChI=1S/C18H15F3N4O2S/c1-9(2)13-14(12-5-3-4-6-22-12)28-17(24-13)25-15-11(16(26)27)7-10(8-23-15)18(19,20)21/h3-9H,1-2H3,(H,26,27)(H,23,24,25). The van der Waals surface area contributed by atoms with E-state index in [4.69, 9.17) is 0 Å². The van der Waals surface area contributed by atoms with Gasteiger partial charge in [-0.1, -0.05) is 31.3 Å². The monoisotopic (exact) mass is 408 g/mol. The summed E-state index contributed by atoms with van der Waals surface area (Å²) in [5.74, 6) is -1.67. The van der Waals surface area contributed by atoms with Crippen LogP contribution < -0.4 is 5.32 Å². The van der Waals surface area contributed by atoms with Crippen molar-refractivity contribution < 1.29 is 23.1 Å². The molecule has 0 radical (unpaired) electrons. The van der Waals surface area contributed by atoms with Crippen LogP contribution in [-0.2, 0) is 6.18 Å². The minimum Gasteiger partial charge on any atom is -0.478 e. The van der Waals surface area contributed by atoms with E-state index in [2.05, 4.69) is 20.3 Å². The molecule has 0 atom stereocenters. The molecule has 0 amide bonds. The molecule has 2 N–H and O–H groups in total. The minimum atomic E-state index is -4.69. The Hall–Kier alpha value is -3.01. The summed E-state index contributed by atoms with van der Waals surface area (Å²) in [5.41, 5.74) is -0.271. The predicted octanol–water partition coefficient (Wildman–Crippen LogP) is 5.18. The highest BCUT2D eigenvalue weighted by Gasteiger charge is 2.32. The lowest BCUT2D eigenvalue weighted by Crippen LogP contribution is -2.11. The molecule has 0 aliphatic rings. The first-order chi connectivity index (χ1) is 13.2. The van der Waals surface area contributed by atoms with Crippen LogP contribution in [0.25, 0.3) is 10.6 Å². The van der Waals surface area contributed by atoms with Crippen LogP contribution in [0.4, 0.5) is 24.1 Å². The molecule has 10 heteroatoms. The number of halogens is 3. The maximum Gasteiger partial charge on any atom is 0.417 e. The van der Waals surface area contributed by atoms with Crippen LogP contribution in [0.3, 0.4) is 0 Å². The predicted molar refractivity (Wildman–Crippen MR) is 98.9 cm³/mol. The number of carboxylic acid groups (broad SMARTS) is 1. The van der Waals surface area contributed by atoms with Crippen molar-refractivity contribution in [3.8, 4) is 10.6 Å². The third-order valence-electron chi connectivity index (χ3n) is 3.77. The molecular weight excluding hydrogens is 393 g/mol. The molecule has 3 aromatic rings. The van der Waals surface area contributed by atoms with E-state index < -0.39 is 23.3 Å². The molecule has 3 heterocycles. The lowest BCUT2D eigenvalue weighted by atomic mass is 10.1. The maximum atomic E-state index is 12.9. The highest BCUT2D eigenvalue weighted by Crippen LogP contribution is 2.37. The number of pyridine rings is 2. The van der Waals surface area contributed by atoms with Crippen molar-refractivity contribution in [3.63, 3.8) is 0 Å². The summed E-state index contributed by atoms with van der Waals surface area (Å²) in [6, 6.07) is 5.99. The highest BCUT2D eigenvalue weighted by molar-refractivity contribution is 7.19. The number of carboxylic acids is 1. The molecule has 3 rings (SSSR count). The number of aromatic nitrogens is 3. The van der Waals surface area contributed by atoms with E-state index in [1.54, 1.807) is 12.3 Å². The fourth-order valence-electron chi connectivity index (χ4n) is 2.44. The maximum absolute atomic E-state index is 12.9. The Balaban J connectivity index is 2.01. The zero-order valence-electron chi connectivity index (χ0n) is 14.8. The number of aromatic carboxylic acids is 1. The molecule has 3 aromatic heterocycles. The first-order valence-corrected chi connectivity index (χ1v) is 8.98. The topological polar surface area (TPSA) is 88.0 Å². The lowest BCUT2D eigenvalue weighted by molar-refractivity contribution is -0.137. The third kappa shape index (κ3) is 4.11. The minimum absolute atomic E-state index is 0.0586. The molecule has 146 valence electrons. The van der Waals surface area contributed by atoms with Crippen LogP contribution in [0.2, 0.25) is 0 Å². The van der Waals surface area contributed by atoms with Gasteiger partial charge in [0.25, 0.3) is 0 Å². The van der Waals surface area contributed by atoms with Crippen molar-refractivity contribution in [1.29, 1.82) is 0 Å². The fourth-order valence-corrected chi connectivity index (χ4v) is 3.54. The summed E-state index contributed by atoms with van der Waals surface area (Å²) in [6.45, 7) is 3.90. The van der Waals surface area contributed by atoms with E-state index >= 15 is 0 Å². The number of rotatable bonds is 5. The van der Waals surface area contributed by atoms with Crippen molar-refractivity contribution >= 4 is 28.3 Å². The Kier molecular flexibility index (Phi) is 5.32. The van der Waals surface area contributed by atoms with Gasteiger partial charge in [0.15, 0.2) is 5.13 Å². The highest BCUT2D eigenvalue weighted by atomic mass is 32.1. The molecule has 0 saturated carbocycles. The summed E-state index contributed by atoms with van der Waals surface area (Å²) in [7, 11) is 0. The quantitative estimate of drug-likeness (QED) is 0.605. The first kappa shape index (κ1) is 19.7. The second kappa shape index (κ2) is 7.55. The van der Waals surface area contributed by atoms with E-state index in [0.717, 1.165) is 10.6 Å². The summed E-state index contributed by atoms with van der Waals surface area (Å²) in [6.07, 6.45) is -2.45. The molecule has 0 unspecified atom stereocenters. The van der Waals surface area contributed by atoms with Crippen molar-refractivity contribution in [1.82, 2.24) is 15.0 Å². The number of carbonyl (C=O) groups is 1. The van der Waals surface area contributed by atoms with Gasteiger partial charge in [-0.15, -0.1) is 0 Å². The number of thiazole rings is 1. The van der Waals surface area contributed by atoms with Gasteiger partial charge in [-0.3, -0.25) is 4.98 Å². The van der Waals surface area contributed by atoms with Crippen molar-refractivity contribution in [2.45, 2.75) is 25.9 Å². The Morgan fingerprint density at radius 2 is 2.00 bits per heavy atom. The Bertz CT molecular complexity index is 1000. The Morgan fingerprint density at radius 3 is 2.57 bits per heavy atom. The molecule has 0 aliphatic carbocycles. The molecule has 0 spiro atoms. The van der Waals surface area contributed by atoms with Gasteiger partial charge in [-0.05, 0) is 24.1 Å². The SMILES string of the molecule is CC(C)c1nc(Nc2ncc(C(F)(F)F)cc2C(=O)O)sc1-c1ccccn1. The average molecular weight is 408 g/mol. The summed E-state index contributed by atoms with van der Waals surface area (Å²) in [5, 5.41) is 12.3. The van der Waals surface area contributed by atoms with E-state index in [1.807, 2.05) is 26.0 Å². The van der Waals surface area contributed by atoms with Gasteiger partial charge in [0.1, 0.15) is 11.4 Å². The zero-order valence-corrected chi connectivity index (χ0v) is 15.6. The molecule has 0 aliphatic heterocycles. The van der Waals surface area contributed by atoms with Gasteiger partial charge in [-0.25, -0.2) is 14.8 Å². The van der Waals surface area contributed by atoms with Crippen LogP contribution in [0, 0.1) is 0 Å². The van der Waals surface area contributed by atoms with E-state index in [0.29, 0.717) is 23.1 Å². The van der Waals surface area contributed by atoms with E-state index in [-0.39, 0.29) is 11.7 Å². The molecule has 28 heavy (non-hydrogen) atoms. The number of alkyl halides is 3. The van der Waals surface area contributed by atoms with Crippen LogP contribution in [0.15, 0.2) is 36.7 Å². The smallest absolute Gasteiger partial charge is 0.417 e. The van der Waals surface area contributed by atoms with Crippen LogP contribution >= 0.6 is 11.3 Å². The normalized spacial score (nSPS) is 11.6. The lowest BCUT2D eigenvalue weighted by Gasteiger charge is -2.10. The van der Waals surface area contributed by atoms with Crippen molar-refractivity contribution in [2.75, 3.05) is 5.32 Å². The van der Waals surface area contributed by atoms with Gasteiger partial charge < -0.3 is 10.4 Å². The number of hydrogen-bond acceptors (Lipinski definition) is 6. The Labute approximate surface area is 162 Å². The first-order valence-electron chi connectivity index (χ1n) is 8.16. The summed E-state index contributed by atoms with van der Waals surface area (Å²) < 4.78 is 38.6. The molecule has 0 bridgehead atoms. The van der Waals surface area contributed by atoms with Gasteiger partial charge in [0.05, 0.1) is 21.8 Å². The summed E-state index contributed by atoms with van der Waals surface area (Å²) >= 11 is 1.23. The Morgan fingerprint density at radius 1 is 1.25 bits per heavy atom. The van der Waals surface area contributed by atoms with Gasteiger partial charge in [0, 0.05) is 12.4 Å². The molecular formula is C18H15F3N4O2S. The number of nitrogens with zero attached hydrogens (tertiary/aromatic N) is 3. The van der Waals surface area contributed by atoms with Crippen LogP contribution in [0.1, 0.15) is 41.4 Å².